The van der Waals surface area contributed by atoms with Gasteiger partial charge >= 0.3 is 0 Å². The van der Waals surface area contributed by atoms with E-state index in [1.165, 1.54) is 4.31 Å². The summed E-state index contributed by atoms with van der Waals surface area (Å²) in [5.41, 5.74) is 6.17. The molecule has 0 saturated carbocycles. The molecule has 0 aromatic heterocycles. The second-order valence-corrected chi connectivity index (χ2v) is 6.62. The van der Waals surface area contributed by atoms with E-state index in [2.05, 4.69) is 0 Å². The van der Waals surface area contributed by atoms with E-state index in [1.54, 1.807) is 24.3 Å². The van der Waals surface area contributed by atoms with E-state index in [9.17, 15) is 8.42 Å². The normalized spacial score (nSPS) is 11.7. The first-order valence-corrected chi connectivity index (χ1v) is 8.18. The summed E-state index contributed by atoms with van der Waals surface area (Å²) >= 11 is 4.85. The van der Waals surface area contributed by atoms with Crippen LogP contribution in [0, 0.1) is 0 Å². The number of unbranched alkanes of at least 4 members (excludes halogenated alkanes) is 1. The van der Waals surface area contributed by atoms with Gasteiger partial charge < -0.3 is 5.73 Å². The molecule has 2 N–H and O–H groups in total. The van der Waals surface area contributed by atoms with Crippen molar-refractivity contribution in [1.29, 1.82) is 0 Å². The number of nitrogens with zero attached hydrogens (tertiary/aromatic N) is 1. The van der Waals surface area contributed by atoms with Crippen LogP contribution in [0.5, 0.6) is 0 Å². The second kappa shape index (κ2) is 6.98. The molecule has 0 bridgehead atoms. The van der Waals surface area contributed by atoms with Gasteiger partial charge in [0.25, 0.3) is 0 Å². The zero-order valence-electron chi connectivity index (χ0n) is 11.3. The lowest BCUT2D eigenvalue weighted by Gasteiger charge is -2.20. The first-order valence-electron chi connectivity index (χ1n) is 6.33. The van der Waals surface area contributed by atoms with Crippen molar-refractivity contribution in [3.63, 3.8) is 0 Å². The zero-order valence-corrected chi connectivity index (χ0v) is 12.9. The quantitative estimate of drug-likeness (QED) is 0.784. The van der Waals surface area contributed by atoms with Crippen LogP contribution in [0.1, 0.15) is 32.3 Å². The second-order valence-electron chi connectivity index (χ2n) is 4.24. The zero-order chi connectivity index (χ0) is 14.5. The van der Waals surface area contributed by atoms with Crippen molar-refractivity contribution in [2.75, 3.05) is 13.1 Å². The summed E-state index contributed by atoms with van der Waals surface area (Å²) in [6.45, 7) is 4.90. The van der Waals surface area contributed by atoms with Gasteiger partial charge in [-0.3, -0.25) is 0 Å². The molecule has 19 heavy (non-hydrogen) atoms. The molecule has 6 heteroatoms. The third kappa shape index (κ3) is 3.99. The van der Waals surface area contributed by atoms with Crippen LogP contribution < -0.4 is 5.73 Å². The minimum Gasteiger partial charge on any atom is -0.389 e. The highest BCUT2D eigenvalue weighted by Crippen LogP contribution is 2.17. The van der Waals surface area contributed by atoms with Gasteiger partial charge in [0.1, 0.15) is 4.99 Å². The number of hydrogen-bond donors (Lipinski definition) is 1. The van der Waals surface area contributed by atoms with E-state index in [4.69, 9.17) is 18.0 Å². The molecule has 0 fully saturated rings. The van der Waals surface area contributed by atoms with Crippen molar-refractivity contribution in [3.8, 4) is 0 Å². The van der Waals surface area contributed by atoms with Gasteiger partial charge in [-0.1, -0.05) is 44.6 Å². The summed E-state index contributed by atoms with van der Waals surface area (Å²) < 4.78 is 26.3. The molecule has 0 aliphatic heterocycles. The van der Waals surface area contributed by atoms with Crippen molar-refractivity contribution in [2.24, 2.45) is 5.73 Å². The Morgan fingerprint density at radius 2 is 1.84 bits per heavy atom. The van der Waals surface area contributed by atoms with Gasteiger partial charge in [0.15, 0.2) is 0 Å². The average molecular weight is 300 g/mol. The van der Waals surface area contributed by atoms with E-state index < -0.39 is 10.0 Å². The molecule has 0 saturated heterocycles. The molecule has 0 spiro atoms. The summed E-state index contributed by atoms with van der Waals surface area (Å²) in [6.07, 6.45) is 1.82. The molecule has 0 radical (unpaired) electrons. The Hall–Kier alpha value is -0.980. The molecule has 1 aromatic carbocycles. The Morgan fingerprint density at radius 3 is 2.26 bits per heavy atom. The lowest BCUT2D eigenvalue weighted by atomic mass is 10.2. The van der Waals surface area contributed by atoms with Crippen LogP contribution in [0.4, 0.5) is 0 Å². The first kappa shape index (κ1) is 16.1. The lowest BCUT2D eigenvalue weighted by molar-refractivity contribution is 0.419. The topological polar surface area (TPSA) is 63.4 Å². The van der Waals surface area contributed by atoms with Gasteiger partial charge in [-0.05, 0) is 18.6 Å². The molecule has 0 aliphatic carbocycles. The highest BCUT2D eigenvalue weighted by Gasteiger charge is 2.22. The Labute approximate surface area is 120 Å². The van der Waals surface area contributed by atoms with Crippen molar-refractivity contribution >= 4 is 27.2 Å². The van der Waals surface area contributed by atoms with Crippen molar-refractivity contribution in [1.82, 2.24) is 4.31 Å². The van der Waals surface area contributed by atoms with Crippen LogP contribution in [0.2, 0.25) is 0 Å². The summed E-state index contributed by atoms with van der Waals surface area (Å²) in [5, 5.41) is 0. The monoisotopic (exact) mass is 300 g/mol. The predicted molar refractivity (Wildman–Crippen MR) is 81.7 cm³/mol. The predicted octanol–water partition coefficient (Wildman–Crippen LogP) is 2.13. The molecular formula is C13H20N2O2S2. The van der Waals surface area contributed by atoms with Gasteiger partial charge in [-0.25, -0.2) is 8.42 Å². The minimum absolute atomic E-state index is 0.266. The Morgan fingerprint density at radius 1 is 1.26 bits per heavy atom. The van der Waals surface area contributed by atoms with Crippen LogP contribution in [0.15, 0.2) is 29.2 Å². The van der Waals surface area contributed by atoms with E-state index in [-0.39, 0.29) is 9.88 Å². The van der Waals surface area contributed by atoms with Crippen LogP contribution in [0.3, 0.4) is 0 Å². The number of rotatable bonds is 7. The molecule has 4 nitrogen and oxygen atoms in total. The maximum atomic E-state index is 12.4. The molecule has 106 valence electrons. The smallest absolute Gasteiger partial charge is 0.243 e. The Kier molecular flexibility index (Phi) is 5.90. The molecule has 0 aliphatic rings. The molecule has 0 atom stereocenters. The number of sulfonamides is 1. The van der Waals surface area contributed by atoms with Gasteiger partial charge in [0, 0.05) is 18.7 Å². The largest absolute Gasteiger partial charge is 0.389 e. The Balaban J connectivity index is 3.01. The molecule has 0 unspecified atom stereocenters. The lowest BCUT2D eigenvalue weighted by Crippen LogP contribution is -2.31. The average Bonchev–Trinajstić information content (AvgIpc) is 2.39. The SMILES string of the molecule is CCCCN(CC)S(=O)(=O)c1ccc(C(N)=S)cc1. The van der Waals surface area contributed by atoms with Gasteiger partial charge in [-0.2, -0.15) is 4.31 Å². The standard InChI is InChI=1S/C13H20N2O2S2/c1-3-5-10-15(4-2)19(16,17)12-8-6-11(7-9-12)13(14)18/h6-9H,3-5,10H2,1-2H3,(H2,14,18). The van der Waals surface area contributed by atoms with Gasteiger partial charge in [-0.15, -0.1) is 0 Å². The molecule has 0 heterocycles. The maximum Gasteiger partial charge on any atom is 0.243 e. The summed E-state index contributed by atoms with van der Waals surface area (Å²) in [7, 11) is -3.42. The van der Waals surface area contributed by atoms with Gasteiger partial charge in [0.05, 0.1) is 4.90 Å². The maximum absolute atomic E-state index is 12.4. The fourth-order valence-corrected chi connectivity index (χ4v) is 3.35. The van der Waals surface area contributed by atoms with Crippen LogP contribution in [-0.4, -0.2) is 30.8 Å². The van der Waals surface area contributed by atoms with Crippen LogP contribution in [0.25, 0.3) is 0 Å². The van der Waals surface area contributed by atoms with Crippen molar-refractivity contribution < 1.29 is 8.42 Å². The molecule has 0 amide bonds. The number of benzene rings is 1. The van der Waals surface area contributed by atoms with E-state index in [1.807, 2.05) is 13.8 Å². The summed E-state index contributed by atoms with van der Waals surface area (Å²) in [6, 6.07) is 6.39. The van der Waals surface area contributed by atoms with Crippen molar-refractivity contribution in [2.45, 2.75) is 31.6 Å². The van der Waals surface area contributed by atoms with Gasteiger partial charge in [0.2, 0.25) is 10.0 Å². The van der Waals surface area contributed by atoms with E-state index >= 15 is 0 Å². The first-order chi connectivity index (χ1) is 8.93. The third-order valence-corrected chi connectivity index (χ3v) is 5.11. The van der Waals surface area contributed by atoms with Crippen LogP contribution >= 0.6 is 12.2 Å². The third-order valence-electron chi connectivity index (χ3n) is 2.89. The number of thiocarbonyl (C=S) groups is 1. The van der Waals surface area contributed by atoms with Crippen LogP contribution in [-0.2, 0) is 10.0 Å². The summed E-state index contributed by atoms with van der Waals surface area (Å²) in [5.74, 6) is 0. The molecule has 1 aromatic rings. The fraction of sp³-hybridized carbons (Fsp3) is 0.462. The number of nitrogens with two attached hydrogens (primary N) is 1. The van der Waals surface area contributed by atoms with Crippen molar-refractivity contribution in [3.05, 3.63) is 29.8 Å². The highest BCUT2D eigenvalue weighted by molar-refractivity contribution is 7.89. The fourth-order valence-electron chi connectivity index (χ4n) is 1.72. The van der Waals surface area contributed by atoms with E-state index in [0.717, 1.165) is 12.8 Å². The number of hydrogen-bond acceptors (Lipinski definition) is 3. The summed E-state index contributed by atoms with van der Waals surface area (Å²) in [4.78, 5) is 0.549. The van der Waals surface area contributed by atoms with E-state index in [0.29, 0.717) is 18.7 Å². The molecule has 1 rings (SSSR count). The minimum atomic E-state index is -3.42. The Bertz CT molecular complexity index is 524. The molecular weight excluding hydrogens is 280 g/mol. The highest BCUT2D eigenvalue weighted by atomic mass is 32.2.